The summed E-state index contributed by atoms with van der Waals surface area (Å²) >= 11 is 25.5. The van der Waals surface area contributed by atoms with Crippen LogP contribution in [-0.2, 0) is 0 Å². The molecule has 0 radical (unpaired) electrons. The molecule has 1 saturated carbocycles. The summed E-state index contributed by atoms with van der Waals surface area (Å²) < 4.78 is 0. The van der Waals surface area contributed by atoms with E-state index in [1.807, 2.05) is 0 Å². The Hall–Kier alpha value is -4.16. The van der Waals surface area contributed by atoms with Gasteiger partial charge in [0.25, 0.3) is 0 Å². The lowest BCUT2D eigenvalue weighted by atomic mass is 9.55. The molecule has 0 aromatic heterocycles. The Balaban J connectivity index is 2.02. The van der Waals surface area contributed by atoms with E-state index in [1.54, 1.807) is 0 Å². The molecule has 1 fully saturated rings. The maximum absolute atomic E-state index is 12.7. The van der Waals surface area contributed by atoms with Gasteiger partial charge >= 0.3 is 23.9 Å². The van der Waals surface area contributed by atoms with E-state index in [0.717, 1.165) is 0 Å². The summed E-state index contributed by atoms with van der Waals surface area (Å²) in [6, 6.07) is 15.0. The largest absolute Gasteiger partial charge is 0.478 e. The molecule has 0 bridgehead atoms. The Bertz CT molecular complexity index is 1840. The van der Waals surface area contributed by atoms with Gasteiger partial charge in [-0.3, -0.25) is 0 Å². The Kier molecular flexibility index (Phi) is 10.1. The van der Waals surface area contributed by atoms with Crippen molar-refractivity contribution < 1.29 is 49.8 Å². The number of aromatic carboxylic acids is 4. The fourth-order valence-corrected chi connectivity index (χ4v) is 7.56. The van der Waals surface area contributed by atoms with Crippen molar-refractivity contribution in [3.8, 4) is 0 Å². The molecular formula is C34H24Cl4O10. The van der Waals surface area contributed by atoms with Crippen LogP contribution < -0.4 is 0 Å². The topological polar surface area (TPSA) is 190 Å². The van der Waals surface area contributed by atoms with Gasteiger partial charge in [0.05, 0.1) is 34.5 Å². The molecule has 0 unspecified atom stereocenters. The fraction of sp³-hybridized carbons (Fsp3) is 0.176. The van der Waals surface area contributed by atoms with Crippen molar-refractivity contribution in [1.29, 1.82) is 0 Å². The molecule has 0 spiro atoms. The summed E-state index contributed by atoms with van der Waals surface area (Å²) in [5, 5.41) is 65.4. The number of carbonyl (C=O) groups is 4. The molecule has 10 nitrogen and oxygen atoms in total. The predicted molar refractivity (Wildman–Crippen MR) is 177 cm³/mol. The summed E-state index contributed by atoms with van der Waals surface area (Å²) in [7, 11) is 0. The SMILES string of the molecule is O=C(O)c1ccc(Cl)cc1[C@@H]1[C@H](c2cc(Cl)ccc2C(=O)O)[C@H](c2cc(Cl)ccc2C(=O)O)[C@H](O)[C@H](O)[C@@H]1c1cc(Cl)ccc1C(=O)O. The molecule has 0 heterocycles. The third kappa shape index (κ3) is 6.47. The highest BCUT2D eigenvalue weighted by molar-refractivity contribution is 6.31. The summed E-state index contributed by atoms with van der Waals surface area (Å²) in [6.07, 6.45) is -3.86. The average Bonchev–Trinajstić information content (AvgIpc) is 3.01. The van der Waals surface area contributed by atoms with Crippen LogP contribution in [0.3, 0.4) is 0 Å². The van der Waals surface area contributed by atoms with Crippen LogP contribution in [0.2, 0.25) is 20.1 Å². The molecule has 6 N–H and O–H groups in total. The van der Waals surface area contributed by atoms with E-state index in [2.05, 4.69) is 0 Å². The lowest BCUT2D eigenvalue weighted by molar-refractivity contribution is -0.0521. The second-order valence-electron chi connectivity index (χ2n) is 11.2. The number of benzene rings is 4. The van der Waals surface area contributed by atoms with Gasteiger partial charge in [0, 0.05) is 43.8 Å². The highest BCUT2D eigenvalue weighted by atomic mass is 35.5. The van der Waals surface area contributed by atoms with Crippen molar-refractivity contribution in [3.63, 3.8) is 0 Å². The lowest BCUT2D eigenvalue weighted by Gasteiger charge is -2.50. The molecule has 1 aliphatic carbocycles. The van der Waals surface area contributed by atoms with Crippen LogP contribution in [0, 0.1) is 0 Å². The second kappa shape index (κ2) is 13.8. The van der Waals surface area contributed by atoms with E-state index in [0.29, 0.717) is 0 Å². The van der Waals surface area contributed by atoms with Crippen LogP contribution in [0.5, 0.6) is 0 Å². The van der Waals surface area contributed by atoms with Crippen molar-refractivity contribution in [2.45, 2.75) is 35.9 Å². The Morgan fingerprint density at radius 1 is 0.396 bits per heavy atom. The maximum Gasteiger partial charge on any atom is 0.335 e. The Morgan fingerprint density at radius 3 is 0.812 bits per heavy atom. The quantitative estimate of drug-likeness (QED) is 0.107. The molecule has 0 saturated heterocycles. The Morgan fingerprint density at radius 2 is 0.604 bits per heavy atom. The number of carboxylic acids is 4. The van der Waals surface area contributed by atoms with Gasteiger partial charge in [0.15, 0.2) is 0 Å². The molecular weight excluding hydrogens is 710 g/mol. The van der Waals surface area contributed by atoms with E-state index in [9.17, 15) is 49.8 Å². The molecule has 0 amide bonds. The minimum Gasteiger partial charge on any atom is -0.478 e. The molecule has 4 aromatic carbocycles. The van der Waals surface area contributed by atoms with Gasteiger partial charge in [-0.25, -0.2) is 19.2 Å². The Labute approximate surface area is 292 Å². The van der Waals surface area contributed by atoms with Gasteiger partial charge < -0.3 is 30.6 Å². The van der Waals surface area contributed by atoms with Gasteiger partial charge in [-0.2, -0.15) is 0 Å². The van der Waals surface area contributed by atoms with Crippen molar-refractivity contribution in [2.75, 3.05) is 0 Å². The van der Waals surface area contributed by atoms with Crippen molar-refractivity contribution >= 4 is 70.3 Å². The first-order valence-corrected chi connectivity index (χ1v) is 15.6. The number of rotatable bonds is 8. The third-order valence-corrected chi connectivity index (χ3v) is 9.60. The van der Waals surface area contributed by atoms with Crippen LogP contribution in [0.1, 0.15) is 87.4 Å². The van der Waals surface area contributed by atoms with E-state index in [1.165, 1.54) is 72.8 Å². The molecule has 0 aliphatic heterocycles. The standard InChI is InChI=1S/C34H24Cl4O10/c35-13-1-5-17(31(41)42)21(9-13)25-26(22-10-14(36)2-6-18(22)32(43)44)28(24-12-16(38)4-8-20(24)34(47)48)30(40)29(39)27(25)23-11-15(37)3-7-19(23)33(45)46/h1-12,25-30,39-40H,(H,41,42)(H,43,44)(H,45,46)(H,47,48)/t25-,26+,27-,28+,29-,30+. The van der Waals surface area contributed by atoms with Crippen LogP contribution in [0.25, 0.3) is 0 Å². The number of aliphatic hydroxyl groups excluding tert-OH is 2. The molecule has 14 heteroatoms. The van der Waals surface area contributed by atoms with Gasteiger partial charge in [-0.05, 0) is 95.1 Å². The first-order chi connectivity index (χ1) is 22.6. The molecule has 6 atom stereocenters. The minimum atomic E-state index is -1.93. The van der Waals surface area contributed by atoms with E-state index < -0.39 is 59.8 Å². The highest BCUT2D eigenvalue weighted by Gasteiger charge is 2.54. The molecule has 4 aromatic rings. The maximum atomic E-state index is 12.7. The monoisotopic (exact) mass is 732 g/mol. The van der Waals surface area contributed by atoms with E-state index in [4.69, 9.17) is 46.4 Å². The molecule has 48 heavy (non-hydrogen) atoms. The lowest BCUT2D eigenvalue weighted by Crippen LogP contribution is -2.49. The van der Waals surface area contributed by atoms with Crippen LogP contribution in [-0.4, -0.2) is 66.7 Å². The summed E-state index contributed by atoms with van der Waals surface area (Å²) in [4.78, 5) is 50.5. The second-order valence-corrected chi connectivity index (χ2v) is 13.0. The third-order valence-electron chi connectivity index (χ3n) is 8.66. The summed E-state index contributed by atoms with van der Waals surface area (Å²) in [5.74, 6) is -11.6. The predicted octanol–water partition coefficient (Wildman–Crippen LogP) is 7.26. The van der Waals surface area contributed by atoms with Gasteiger partial charge in [-0.1, -0.05) is 46.4 Å². The zero-order valence-corrected chi connectivity index (χ0v) is 27.2. The minimum absolute atomic E-state index is 0.0350. The number of carboxylic acid groups (broad SMARTS) is 4. The van der Waals surface area contributed by atoms with E-state index >= 15 is 0 Å². The zero-order chi connectivity index (χ0) is 35.2. The number of halogens is 4. The van der Waals surface area contributed by atoms with Crippen molar-refractivity contribution in [3.05, 3.63) is 137 Å². The molecule has 5 rings (SSSR count). The van der Waals surface area contributed by atoms with Gasteiger partial charge in [0.1, 0.15) is 0 Å². The smallest absolute Gasteiger partial charge is 0.335 e. The summed E-state index contributed by atoms with van der Waals surface area (Å²) in [5.41, 5.74) is -1.77. The van der Waals surface area contributed by atoms with Crippen LogP contribution >= 0.6 is 46.4 Å². The highest BCUT2D eigenvalue weighted by Crippen LogP contribution is 2.60. The number of aliphatic hydroxyl groups is 2. The van der Waals surface area contributed by atoms with Gasteiger partial charge in [-0.15, -0.1) is 0 Å². The van der Waals surface area contributed by atoms with Crippen LogP contribution in [0.15, 0.2) is 72.8 Å². The van der Waals surface area contributed by atoms with Crippen molar-refractivity contribution in [1.82, 2.24) is 0 Å². The molecule has 248 valence electrons. The van der Waals surface area contributed by atoms with E-state index in [-0.39, 0.29) is 64.6 Å². The first-order valence-electron chi connectivity index (χ1n) is 14.1. The van der Waals surface area contributed by atoms with Crippen molar-refractivity contribution in [2.24, 2.45) is 0 Å². The molecule has 1 aliphatic rings. The van der Waals surface area contributed by atoms with Crippen LogP contribution in [0.4, 0.5) is 0 Å². The summed E-state index contributed by atoms with van der Waals surface area (Å²) in [6.45, 7) is 0. The average molecular weight is 734 g/mol. The fourth-order valence-electron chi connectivity index (χ4n) is 6.84. The first kappa shape index (κ1) is 35.2. The zero-order valence-electron chi connectivity index (χ0n) is 24.2. The number of hydrogen-bond acceptors (Lipinski definition) is 6. The number of hydrogen-bond donors (Lipinski definition) is 6. The normalized spacial score (nSPS) is 22.2. The van der Waals surface area contributed by atoms with Gasteiger partial charge in [0.2, 0.25) is 0 Å².